The Morgan fingerprint density at radius 1 is 1.10 bits per heavy atom. The maximum absolute atomic E-state index is 8.63. The van der Waals surface area contributed by atoms with Crippen molar-refractivity contribution in [1.29, 1.82) is 5.26 Å². The number of hydrogen-bond donors (Lipinski definition) is 2. The molecule has 0 aliphatic carbocycles. The molecule has 0 saturated heterocycles. The zero-order valence-corrected chi connectivity index (χ0v) is 11.9. The number of aromatic nitrogens is 2. The van der Waals surface area contributed by atoms with Gasteiger partial charge in [-0.1, -0.05) is 23.8 Å². The van der Waals surface area contributed by atoms with Gasteiger partial charge in [0.15, 0.2) is 6.19 Å². The number of nitriles is 1. The predicted molar refractivity (Wildman–Crippen MR) is 79.2 cm³/mol. The van der Waals surface area contributed by atoms with Crippen molar-refractivity contribution in [2.75, 3.05) is 10.6 Å². The largest absolute Gasteiger partial charge is 0.366 e. The SMILES string of the molecule is Cc1ccc(C)c(CNc2cc(NC#N)nc(C)n2)c1. The van der Waals surface area contributed by atoms with Gasteiger partial charge in [0.1, 0.15) is 17.5 Å². The molecule has 0 saturated carbocycles. The molecule has 5 nitrogen and oxygen atoms in total. The van der Waals surface area contributed by atoms with E-state index in [0.29, 0.717) is 24.0 Å². The van der Waals surface area contributed by atoms with E-state index in [9.17, 15) is 0 Å². The summed E-state index contributed by atoms with van der Waals surface area (Å²) < 4.78 is 0. The number of nitrogens with zero attached hydrogens (tertiary/aromatic N) is 3. The van der Waals surface area contributed by atoms with E-state index >= 15 is 0 Å². The Balaban J connectivity index is 2.14. The van der Waals surface area contributed by atoms with Crippen molar-refractivity contribution < 1.29 is 0 Å². The molecule has 0 aliphatic heterocycles. The van der Waals surface area contributed by atoms with Gasteiger partial charge in [-0.3, -0.25) is 5.32 Å². The molecule has 1 aromatic carbocycles. The van der Waals surface area contributed by atoms with Gasteiger partial charge in [-0.05, 0) is 31.9 Å². The summed E-state index contributed by atoms with van der Waals surface area (Å²) in [5.74, 6) is 1.83. The second kappa shape index (κ2) is 6.02. The van der Waals surface area contributed by atoms with Gasteiger partial charge in [0.25, 0.3) is 0 Å². The molecule has 2 N–H and O–H groups in total. The van der Waals surface area contributed by atoms with Crippen LogP contribution < -0.4 is 10.6 Å². The number of benzene rings is 1. The Bertz CT molecular complexity index is 658. The van der Waals surface area contributed by atoms with Gasteiger partial charge in [0, 0.05) is 12.6 Å². The highest BCUT2D eigenvalue weighted by atomic mass is 15.1. The first-order chi connectivity index (χ1) is 9.58. The van der Waals surface area contributed by atoms with E-state index in [0.717, 1.165) is 0 Å². The second-order valence-corrected chi connectivity index (χ2v) is 4.71. The van der Waals surface area contributed by atoms with Crippen LogP contribution in [0.15, 0.2) is 24.3 Å². The van der Waals surface area contributed by atoms with Crippen molar-refractivity contribution in [3.05, 3.63) is 46.8 Å². The highest BCUT2D eigenvalue weighted by Crippen LogP contribution is 2.15. The van der Waals surface area contributed by atoms with Gasteiger partial charge >= 0.3 is 0 Å². The number of hydrogen-bond acceptors (Lipinski definition) is 5. The van der Waals surface area contributed by atoms with E-state index in [1.807, 2.05) is 6.19 Å². The molecule has 0 amide bonds. The van der Waals surface area contributed by atoms with Gasteiger partial charge in [0.05, 0.1) is 0 Å². The molecule has 0 atom stereocenters. The quantitative estimate of drug-likeness (QED) is 0.658. The average Bonchev–Trinajstić information content (AvgIpc) is 2.40. The maximum atomic E-state index is 8.63. The first kappa shape index (κ1) is 13.8. The van der Waals surface area contributed by atoms with Crippen LogP contribution in [0, 0.1) is 32.2 Å². The third kappa shape index (κ3) is 3.45. The molecular formula is C15H17N5. The summed E-state index contributed by atoms with van der Waals surface area (Å²) in [6.07, 6.45) is 1.86. The van der Waals surface area contributed by atoms with Gasteiger partial charge in [0.2, 0.25) is 0 Å². The average molecular weight is 267 g/mol. The summed E-state index contributed by atoms with van der Waals surface area (Å²) in [5.41, 5.74) is 3.71. The van der Waals surface area contributed by atoms with Crippen molar-refractivity contribution in [2.24, 2.45) is 0 Å². The van der Waals surface area contributed by atoms with E-state index < -0.39 is 0 Å². The van der Waals surface area contributed by atoms with Crippen LogP contribution in [0.4, 0.5) is 11.6 Å². The van der Waals surface area contributed by atoms with Crippen molar-refractivity contribution in [1.82, 2.24) is 9.97 Å². The van der Waals surface area contributed by atoms with Crippen LogP contribution in [-0.2, 0) is 6.54 Å². The fourth-order valence-corrected chi connectivity index (χ4v) is 1.96. The Labute approximate surface area is 118 Å². The van der Waals surface area contributed by atoms with Crippen LogP contribution in [0.1, 0.15) is 22.5 Å². The van der Waals surface area contributed by atoms with Crippen LogP contribution >= 0.6 is 0 Å². The molecule has 0 aliphatic rings. The van der Waals surface area contributed by atoms with Crippen molar-refractivity contribution in [3.63, 3.8) is 0 Å². The lowest BCUT2D eigenvalue weighted by Crippen LogP contribution is -2.06. The summed E-state index contributed by atoms with van der Waals surface area (Å²) >= 11 is 0. The third-order valence-electron chi connectivity index (χ3n) is 2.99. The topological polar surface area (TPSA) is 73.6 Å². The number of anilines is 2. The van der Waals surface area contributed by atoms with Crippen LogP contribution in [0.5, 0.6) is 0 Å². The third-order valence-corrected chi connectivity index (χ3v) is 2.99. The molecule has 0 bridgehead atoms. The standard InChI is InChI=1S/C15H17N5/c1-10-4-5-11(2)13(6-10)8-17-14-7-15(18-9-16)20-12(3)19-14/h4-7H,8H2,1-3H3,(H2,17,18,19,20). The number of aryl methyl sites for hydroxylation is 3. The minimum absolute atomic E-state index is 0.503. The highest BCUT2D eigenvalue weighted by Gasteiger charge is 2.03. The first-order valence-corrected chi connectivity index (χ1v) is 6.39. The lowest BCUT2D eigenvalue weighted by Gasteiger charge is -2.10. The molecule has 0 radical (unpaired) electrons. The molecule has 0 fully saturated rings. The van der Waals surface area contributed by atoms with Crippen molar-refractivity contribution in [3.8, 4) is 6.19 Å². The molecule has 0 unspecified atom stereocenters. The molecule has 1 aromatic heterocycles. The zero-order chi connectivity index (χ0) is 14.5. The van der Waals surface area contributed by atoms with Crippen LogP contribution in [0.3, 0.4) is 0 Å². The fraction of sp³-hybridized carbons (Fsp3) is 0.267. The van der Waals surface area contributed by atoms with Gasteiger partial charge in [-0.2, -0.15) is 5.26 Å². The number of rotatable bonds is 4. The van der Waals surface area contributed by atoms with E-state index in [4.69, 9.17) is 5.26 Å². The second-order valence-electron chi connectivity index (χ2n) is 4.71. The van der Waals surface area contributed by atoms with Crippen molar-refractivity contribution >= 4 is 11.6 Å². The van der Waals surface area contributed by atoms with Crippen LogP contribution in [-0.4, -0.2) is 9.97 Å². The van der Waals surface area contributed by atoms with E-state index in [2.05, 4.69) is 52.6 Å². The molecule has 2 rings (SSSR count). The lowest BCUT2D eigenvalue weighted by molar-refractivity contribution is 1.02. The highest BCUT2D eigenvalue weighted by molar-refractivity contribution is 5.50. The molecule has 20 heavy (non-hydrogen) atoms. The minimum Gasteiger partial charge on any atom is -0.366 e. The van der Waals surface area contributed by atoms with Crippen LogP contribution in [0.2, 0.25) is 0 Å². The maximum Gasteiger partial charge on any atom is 0.182 e. The van der Waals surface area contributed by atoms with Crippen LogP contribution in [0.25, 0.3) is 0 Å². The lowest BCUT2D eigenvalue weighted by atomic mass is 10.1. The smallest absolute Gasteiger partial charge is 0.182 e. The molecule has 2 aromatic rings. The van der Waals surface area contributed by atoms with E-state index in [1.54, 1.807) is 13.0 Å². The Morgan fingerprint density at radius 3 is 2.60 bits per heavy atom. The normalized spacial score (nSPS) is 9.90. The summed E-state index contributed by atoms with van der Waals surface area (Å²) in [6.45, 7) is 6.65. The minimum atomic E-state index is 0.503. The Kier molecular flexibility index (Phi) is 4.16. The summed E-state index contributed by atoms with van der Waals surface area (Å²) in [6, 6.07) is 8.09. The monoisotopic (exact) mass is 267 g/mol. The summed E-state index contributed by atoms with van der Waals surface area (Å²) in [7, 11) is 0. The molecule has 0 spiro atoms. The van der Waals surface area contributed by atoms with Gasteiger partial charge < -0.3 is 5.32 Å². The predicted octanol–water partition coefficient (Wildman–Crippen LogP) is 2.91. The van der Waals surface area contributed by atoms with Gasteiger partial charge in [-0.15, -0.1) is 0 Å². The molecule has 1 heterocycles. The van der Waals surface area contributed by atoms with E-state index in [-0.39, 0.29) is 0 Å². The molecular weight excluding hydrogens is 250 g/mol. The number of nitrogens with one attached hydrogen (secondary N) is 2. The van der Waals surface area contributed by atoms with E-state index in [1.165, 1.54) is 16.7 Å². The first-order valence-electron chi connectivity index (χ1n) is 6.39. The molecule has 102 valence electrons. The van der Waals surface area contributed by atoms with Crippen molar-refractivity contribution in [2.45, 2.75) is 27.3 Å². The summed E-state index contributed by atoms with van der Waals surface area (Å²) in [5, 5.41) is 14.4. The fourth-order valence-electron chi connectivity index (χ4n) is 1.96. The molecule has 5 heteroatoms. The van der Waals surface area contributed by atoms with Gasteiger partial charge in [-0.25, -0.2) is 9.97 Å². The Morgan fingerprint density at radius 2 is 1.85 bits per heavy atom. The summed E-state index contributed by atoms with van der Waals surface area (Å²) in [4.78, 5) is 8.44. The zero-order valence-electron chi connectivity index (χ0n) is 11.9. The Hall–Kier alpha value is -2.61.